The third-order valence-corrected chi connectivity index (χ3v) is 8.08. The first-order valence-electron chi connectivity index (χ1n) is 11.9. The van der Waals surface area contributed by atoms with Gasteiger partial charge in [-0.05, 0) is 17.5 Å². The minimum atomic E-state index is -2.13. The zero-order chi connectivity index (χ0) is 25.5. The summed E-state index contributed by atoms with van der Waals surface area (Å²) in [5.74, 6) is -4.78. The highest BCUT2D eigenvalue weighted by Gasteiger charge is 2.75. The number of ether oxygens (including phenoxy) is 1. The molecular formula is C30H18ClNO5. The lowest BCUT2D eigenvalue weighted by Crippen LogP contribution is -2.51. The smallest absolute Gasteiger partial charge is 0.241 e. The summed E-state index contributed by atoms with van der Waals surface area (Å²) in [6, 6.07) is 26.0. The second-order valence-electron chi connectivity index (χ2n) is 9.51. The maximum absolute atomic E-state index is 14.2. The number of anilines is 1. The second kappa shape index (κ2) is 7.68. The number of nitrogens with zero attached hydrogens (tertiary/aromatic N) is 1. The number of hydrogen-bond acceptors (Lipinski definition) is 5. The summed E-state index contributed by atoms with van der Waals surface area (Å²) >= 11 is 6.51. The van der Waals surface area contributed by atoms with Crippen LogP contribution in [0.1, 0.15) is 32.4 Å². The van der Waals surface area contributed by atoms with Gasteiger partial charge in [0, 0.05) is 27.1 Å². The number of Topliss-reactive ketones (excluding diaryl/α,β-unsaturated/α-hetero) is 2. The number of imide groups is 1. The number of fused-ring (bicyclic) bond motifs is 4. The van der Waals surface area contributed by atoms with E-state index in [2.05, 4.69) is 0 Å². The third-order valence-electron chi connectivity index (χ3n) is 7.74. The zero-order valence-corrected chi connectivity index (χ0v) is 20.0. The van der Waals surface area contributed by atoms with E-state index in [0.717, 1.165) is 10.3 Å². The molecular weight excluding hydrogens is 490 g/mol. The number of carbonyl (C=O) groups excluding carboxylic acids is 4. The van der Waals surface area contributed by atoms with Crippen molar-refractivity contribution >= 4 is 51.4 Å². The first-order chi connectivity index (χ1) is 17.9. The fraction of sp³-hybridized carbons (Fsp3) is 0.133. The van der Waals surface area contributed by atoms with E-state index in [9.17, 15) is 19.2 Å². The van der Waals surface area contributed by atoms with Crippen molar-refractivity contribution in [3.8, 4) is 0 Å². The predicted octanol–water partition coefficient (Wildman–Crippen LogP) is 5.19. The van der Waals surface area contributed by atoms with E-state index in [-0.39, 0.29) is 11.1 Å². The molecule has 2 aliphatic heterocycles. The van der Waals surface area contributed by atoms with Gasteiger partial charge in [-0.15, -0.1) is 0 Å². The van der Waals surface area contributed by atoms with E-state index in [1.165, 1.54) is 0 Å². The molecule has 0 radical (unpaired) electrons. The molecule has 2 amide bonds. The molecule has 180 valence electrons. The average molecular weight is 508 g/mol. The van der Waals surface area contributed by atoms with Gasteiger partial charge in [-0.2, -0.15) is 0 Å². The van der Waals surface area contributed by atoms with Crippen molar-refractivity contribution in [2.24, 2.45) is 11.8 Å². The van der Waals surface area contributed by atoms with Gasteiger partial charge in [0.1, 0.15) is 0 Å². The molecule has 2 fully saturated rings. The van der Waals surface area contributed by atoms with Gasteiger partial charge < -0.3 is 4.74 Å². The highest BCUT2D eigenvalue weighted by atomic mass is 35.5. The molecule has 4 aromatic rings. The second-order valence-corrected chi connectivity index (χ2v) is 9.92. The molecule has 0 N–H and O–H groups in total. The fourth-order valence-corrected chi connectivity index (χ4v) is 6.39. The highest BCUT2D eigenvalue weighted by molar-refractivity contribution is 6.37. The van der Waals surface area contributed by atoms with Crippen LogP contribution < -0.4 is 4.90 Å². The van der Waals surface area contributed by atoms with E-state index >= 15 is 0 Å². The maximum Gasteiger partial charge on any atom is 0.241 e. The Hall–Kier alpha value is -4.13. The summed E-state index contributed by atoms with van der Waals surface area (Å²) in [5.41, 5.74) is -0.895. The van der Waals surface area contributed by atoms with Crippen molar-refractivity contribution in [2.45, 2.75) is 11.7 Å². The van der Waals surface area contributed by atoms with E-state index in [0.29, 0.717) is 21.7 Å². The number of rotatable bonds is 2. The highest BCUT2D eigenvalue weighted by Crippen LogP contribution is 2.58. The van der Waals surface area contributed by atoms with Crippen molar-refractivity contribution in [1.82, 2.24) is 0 Å². The average Bonchev–Trinajstić information content (AvgIpc) is 3.48. The Morgan fingerprint density at radius 3 is 2.05 bits per heavy atom. The van der Waals surface area contributed by atoms with E-state index in [1.54, 1.807) is 60.7 Å². The summed E-state index contributed by atoms with van der Waals surface area (Å²) < 4.78 is 6.31. The van der Waals surface area contributed by atoms with E-state index in [4.69, 9.17) is 16.3 Å². The molecule has 1 aliphatic carbocycles. The van der Waals surface area contributed by atoms with Crippen LogP contribution >= 0.6 is 11.6 Å². The van der Waals surface area contributed by atoms with Crippen LogP contribution in [0.5, 0.6) is 0 Å². The van der Waals surface area contributed by atoms with Crippen molar-refractivity contribution in [3.63, 3.8) is 0 Å². The molecule has 37 heavy (non-hydrogen) atoms. The SMILES string of the molecule is O=C1[C@H]2[C@@H](c3ccccc3Cl)OC3(C(=O)c4ccccc4C3=O)[C@H]2C(=O)N1c1cccc2ccccc12. The molecule has 0 saturated carbocycles. The maximum atomic E-state index is 14.2. The predicted molar refractivity (Wildman–Crippen MR) is 137 cm³/mol. The van der Waals surface area contributed by atoms with E-state index in [1.807, 2.05) is 30.3 Å². The molecule has 2 saturated heterocycles. The molecule has 4 aromatic carbocycles. The van der Waals surface area contributed by atoms with Crippen LogP contribution in [0.2, 0.25) is 5.02 Å². The van der Waals surface area contributed by atoms with Crippen molar-refractivity contribution in [3.05, 3.63) is 113 Å². The molecule has 0 aromatic heterocycles. The van der Waals surface area contributed by atoms with Gasteiger partial charge in [0.2, 0.25) is 29.0 Å². The van der Waals surface area contributed by atoms with Gasteiger partial charge in [-0.1, -0.05) is 90.5 Å². The normalized spacial score (nSPS) is 23.8. The summed E-state index contributed by atoms with van der Waals surface area (Å²) in [6.07, 6.45) is -1.06. The molecule has 7 heteroatoms. The number of halogens is 1. The molecule has 3 aliphatic rings. The van der Waals surface area contributed by atoms with Crippen LogP contribution in [0.3, 0.4) is 0 Å². The Bertz CT molecular complexity index is 1650. The molecule has 6 nitrogen and oxygen atoms in total. The van der Waals surface area contributed by atoms with Gasteiger partial charge in [0.15, 0.2) is 0 Å². The van der Waals surface area contributed by atoms with Gasteiger partial charge >= 0.3 is 0 Å². The molecule has 0 bridgehead atoms. The summed E-state index contributed by atoms with van der Waals surface area (Å²) in [5, 5.41) is 1.89. The van der Waals surface area contributed by atoms with Crippen molar-refractivity contribution in [2.75, 3.05) is 4.90 Å². The van der Waals surface area contributed by atoms with Crippen LogP contribution in [0.4, 0.5) is 5.69 Å². The lowest BCUT2D eigenvalue weighted by Gasteiger charge is -2.27. The molecule has 0 unspecified atom stereocenters. The molecule has 7 rings (SSSR count). The summed E-state index contributed by atoms with van der Waals surface area (Å²) in [7, 11) is 0. The van der Waals surface area contributed by atoms with Gasteiger partial charge in [0.25, 0.3) is 0 Å². The lowest BCUT2D eigenvalue weighted by molar-refractivity contribution is -0.127. The Labute approximate surface area is 216 Å². The topological polar surface area (TPSA) is 80.8 Å². The molecule has 1 spiro atoms. The standard InChI is InChI=1S/C30H18ClNO5/c31-21-14-6-5-13-20(21)25-23-24(30(37-25)26(33)18-11-3-4-12-19(18)27(30)34)29(36)32(28(23)35)22-15-7-9-16-8-1-2-10-17(16)22/h1-15,23-25H/t23-,24-,25-/m1/s1. The van der Waals surface area contributed by atoms with Crippen LogP contribution in [0.15, 0.2) is 91.0 Å². The summed E-state index contributed by atoms with van der Waals surface area (Å²) in [4.78, 5) is 57.2. The first kappa shape index (κ1) is 22.1. The Kier molecular flexibility index (Phi) is 4.59. The molecule has 3 atom stereocenters. The number of hydrogen-bond donors (Lipinski definition) is 0. The summed E-state index contributed by atoms with van der Waals surface area (Å²) in [6.45, 7) is 0. The minimum absolute atomic E-state index is 0.190. The number of amides is 2. The lowest BCUT2D eigenvalue weighted by atomic mass is 9.77. The number of ketones is 2. The van der Waals surface area contributed by atoms with Crippen LogP contribution in [0, 0.1) is 11.8 Å². The number of benzene rings is 4. The monoisotopic (exact) mass is 507 g/mol. The largest absolute Gasteiger partial charge is 0.349 e. The van der Waals surface area contributed by atoms with E-state index < -0.39 is 46.9 Å². The van der Waals surface area contributed by atoms with Gasteiger partial charge in [-0.25, -0.2) is 4.90 Å². The Morgan fingerprint density at radius 1 is 0.703 bits per heavy atom. The van der Waals surface area contributed by atoms with Gasteiger partial charge in [0.05, 0.1) is 23.6 Å². The van der Waals surface area contributed by atoms with Crippen molar-refractivity contribution < 1.29 is 23.9 Å². The van der Waals surface area contributed by atoms with Crippen molar-refractivity contribution in [1.29, 1.82) is 0 Å². The number of carbonyl (C=O) groups is 4. The third kappa shape index (κ3) is 2.74. The van der Waals surface area contributed by atoms with Crippen LogP contribution in [0.25, 0.3) is 10.8 Å². The van der Waals surface area contributed by atoms with Crippen LogP contribution in [-0.4, -0.2) is 29.0 Å². The zero-order valence-electron chi connectivity index (χ0n) is 19.3. The fourth-order valence-electron chi connectivity index (χ4n) is 6.15. The molecule has 2 heterocycles. The van der Waals surface area contributed by atoms with Crippen LogP contribution in [-0.2, 0) is 14.3 Å². The first-order valence-corrected chi connectivity index (χ1v) is 12.3. The van der Waals surface area contributed by atoms with Gasteiger partial charge in [-0.3, -0.25) is 19.2 Å². The Morgan fingerprint density at radius 2 is 1.32 bits per heavy atom. The Balaban J connectivity index is 1.46. The minimum Gasteiger partial charge on any atom is -0.349 e. The quantitative estimate of drug-likeness (QED) is 0.275.